The van der Waals surface area contributed by atoms with Gasteiger partial charge < -0.3 is 0 Å². The van der Waals surface area contributed by atoms with Crippen LogP contribution in [-0.2, 0) is 4.79 Å². The summed E-state index contributed by atoms with van der Waals surface area (Å²) >= 11 is 0. The lowest BCUT2D eigenvalue weighted by molar-refractivity contribution is -0.733. The molecular formula is C9H13N2O4+. The van der Waals surface area contributed by atoms with E-state index >= 15 is 0 Å². The third-order valence-corrected chi connectivity index (χ3v) is 1.45. The van der Waals surface area contributed by atoms with Crippen LogP contribution in [-0.4, -0.2) is 22.6 Å². The second kappa shape index (κ2) is 6.47. The predicted octanol–water partition coefficient (Wildman–Crippen LogP) is -0.531. The van der Waals surface area contributed by atoms with Gasteiger partial charge in [0.1, 0.15) is 0 Å². The smallest absolute Gasteiger partial charge is 0.285 e. The number of rotatable bonds is 5. The Labute approximate surface area is 86.7 Å². The summed E-state index contributed by atoms with van der Waals surface area (Å²) in [5, 5.41) is 20.5. The molecule has 0 saturated heterocycles. The number of aldehydes is 1. The predicted molar refractivity (Wildman–Crippen MR) is 52.9 cm³/mol. The molecule has 0 aromatic rings. The van der Waals surface area contributed by atoms with Gasteiger partial charge in [-0.1, -0.05) is 19.9 Å². The lowest BCUT2D eigenvalue weighted by Crippen LogP contribution is -2.63. The van der Waals surface area contributed by atoms with Gasteiger partial charge in [0.2, 0.25) is 6.21 Å². The van der Waals surface area contributed by atoms with E-state index in [4.69, 9.17) is 5.21 Å². The van der Waals surface area contributed by atoms with Gasteiger partial charge >= 0.3 is 0 Å². The monoisotopic (exact) mass is 213 g/mol. The van der Waals surface area contributed by atoms with Gasteiger partial charge in [0.15, 0.2) is 6.29 Å². The van der Waals surface area contributed by atoms with E-state index < -0.39 is 4.92 Å². The van der Waals surface area contributed by atoms with Crippen LogP contribution in [0.1, 0.15) is 13.8 Å². The van der Waals surface area contributed by atoms with Crippen molar-refractivity contribution in [3.8, 4) is 0 Å². The lowest BCUT2D eigenvalue weighted by Gasteiger charge is -1.98. The van der Waals surface area contributed by atoms with Gasteiger partial charge in [-0.15, -0.1) is 0 Å². The third-order valence-electron chi connectivity index (χ3n) is 1.45. The first-order valence-electron chi connectivity index (χ1n) is 4.27. The van der Waals surface area contributed by atoms with E-state index in [2.05, 4.69) is 0 Å². The molecule has 0 radical (unpaired) electrons. The molecule has 0 aliphatic carbocycles. The van der Waals surface area contributed by atoms with Crippen molar-refractivity contribution in [3.63, 3.8) is 0 Å². The number of hydrogen-bond donors (Lipinski definition) is 2. The van der Waals surface area contributed by atoms with Crippen molar-refractivity contribution < 1.29 is 20.1 Å². The van der Waals surface area contributed by atoms with Crippen molar-refractivity contribution in [2.45, 2.75) is 13.8 Å². The van der Waals surface area contributed by atoms with Crippen LogP contribution in [0.25, 0.3) is 0 Å². The van der Waals surface area contributed by atoms with Gasteiger partial charge in [0, 0.05) is 0 Å². The average molecular weight is 213 g/mol. The molecule has 0 amide bonds. The Hall–Kier alpha value is -1.98. The topological polar surface area (TPSA) is 94.4 Å². The molecule has 0 aromatic heterocycles. The van der Waals surface area contributed by atoms with Crippen molar-refractivity contribution in [1.82, 2.24) is 0 Å². The Morgan fingerprint density at radius 2 is 2.13 bits per heavy atom. The third kappa shape index (κ3) is 4.70. The highest BCUT2D eigenvalue weighted by atomic mass is 16.6. The summed E-state index contributed by atoms with van der Waals surface area (Å²) in [6, 6.07) is 0. The fourth-order valence-corrected chi connectivity index (χ4v) is 0.923. The minimum Gasteiger partial charge on any atom is -0.298 e. The van der Waals surface area contributed by atoms with Crippen molar-refractivity contribution in [3.05, 3.63) is 33.5 Å². The van der Waals surface area contributed by atoms with Crippen LogP contribution in [0.2, 0.25) is 0 Å². The normalized spacial score (nSPS) is 13.5. The van der Waals surface area contributed by atoms with E-state index in [1.807, 2.05) is 0 Å². The standard InChI is InChI=1S/C9H12N2O4/c1-7(2)5-8(6-12)9(11(14)15)3-4-10-13/h3-7,13H,1-2H3/p+1/b8-5-,9-3+,10-4+. The van der Waals surface area contributed by atoms with Gasteiger partial charge in [0.25, 0.3) is 5.70 Å². The summed E-state index contributed by atoms with van der Waals surface area (Å²) in [7, 11) is 0. The van der Waals surface area contributed by atoms with Crippen LogP contribution in [0, 0.1) is 16.0 Å². The average Bonchev–Trinajstić information content (AvgIpc) is 2.15. The molecule has 2 N–H and O–H groups in total. The first-order chi connectivity index (χ1) is 7.02. The molecule has 0 rings (SSSR count). The van der Waals surface area contributed by atoms with Crippen molar-refractivity contribution in [1.29, 1.82) is 0 Å². The van der Waals surface area contributed by atoms with Gasteiger partial charge in [0.05, 0.1) is 16.6 Å². The Bertz CT molecular complexity index is 329. The van der Waals surface area contributed by atoms with Crippen LogP contribution in [0.4, 0.5) is 0 Å². The summed E-state index contributed by atoms with van der Waals surface area (Å²) < 4.78 is 0. The molecule has 0 heterocycles. The van der Waals surface area contributed by atoms with Crippen LogP contribution >= 0.6 is 0 Å². The number of allylic oxidation sites excluding steroid dienone is 3. The number of carbonyl (C=O) groups excluding carboxylic acids is 1. The van der Waals surface area contributed by atoms with E-state index in [-0.39, 0.29) is 17.2 Å². The summed E-state index contributed by atoms with van der Waals surface area (Å²) in [4.78, 5) is 20.6. The summed E-state index contributed by atoms with van der Waals surface area (Å²) in [5.74, 6) is 0.0237. The quantitative estimate of drug-likeness (QED) is 0.122. The van der Waals surface area contributed by atoms with Crippen molar-refractivity contribution >= 4 is 12.5 Å². The molecule has 0 spiro atoms. The largest absolute Gasteiger partial charge is 0.298 e. The second-order valence-electron chi connectivity index (χ2n) is 3.09. The summed E-state index contributed by atoms with van der Waals surface area (Å²) in [6.45, 7) is 3.60. The first kappa shape index (κ1) is 13.0. The number of carbonyl (C=O) groups is 1. The van der Waals surface area contributed by atoms with Crippen LogP contribution in [0.15, 0.2) is 23.4 Å². The van der Waals surface area contributed by atoms with E-state index in [0.717, 1.165) is 12.3 Å². The summed E-state index contributed by atoms with van der Waals surface area (Å²) in [5.41, 5.74) is -0.373. The maximum atomic E-state index is 10.6. The molecule has 0 fully saturated rings. The van der Waals surface area contributed by atoms with Gasteiger partial charge in [-0.2, -0.15) is 0 Å². The zero-order valence-corrected chi connectivity index (χ0v) is 8.51. The Morgan fingerprint density at radius 3 is 2.47 bits per heavy atom. The molecule has 0 bridgehead atoms. The zero-order valence-electron chi connectivity index (χ0n) is 8.51. The van der Waals surface area contributed by atoms with E-state index in [1.54, 1.807) is 19.0 Å². The van der Waals surface area contributed by atoms with Gasteiger partial charge in [-0.3, -0.25) is 20.1 Å². The molecule has 0 unspecified atom stereocenters. The maximum absolute atomic E-state index is 10.6. The molecule has 15 heavy (non-hydrogen) atoms. The van der Waals surface area contributed by atoms with Crippen molar-refractivity contribution in [2.75, 3.05) is 0 Å². The highest BCUT2D eigenvalue weighted by Crippen LogP contribution is 2.10. The molecule has 6 heteroatoms. The highest BCUT2D eigenvalue weighted by Gasteiger charge is 2.17. The fraction of sp³-hybridized carbons (Fsp3) is 0.333. The van der Waals surface area contributed by atoms with Crippen LogP contribution in [0.5, 0.6) is 0 Å². The molecular weight excluding hydrogens is 200 g/mol. The van der Waals surface area contributed by atoms with Gasteiger partial charge in [-0.05, 0) is 11.1 Å². The first-order valence-corrected chi connectivity index (χ1v) is 4.27. The SMILES string of the molecule is CC(C)\C=C(C=O)/C(=C\C=[NH+]\O)[N+](=O)[O-]. The van der Waals surface area contributed by atoms with Gasteiger partial charge in [-0.25, -0.2) is 0 Å². The fourth-order valence-electron chi connectivity index (χ4n) is 0.923. The summed E-state index contributed by atoms with van der Waals surface area (Å²) in [6.07, 6.45) is 3.88. The molecule has 0 aliphatic heterocycles. The maximum Gasteiger partial charge on any atom is 0.285 e. The molecule has 6 nitrogen and oxygen atoms in total. The molecule has 0 aromatic carbocycles. The second-order valence-corrected chi connectivity index (χ2v) is 3.09. The molecule has 0 saturated carbocycles. The van der Waals surface area contributed by atoms with Crippen LogP contribution in [0.3, 0.4) is 0 Å². The Balaban J connectivity index is 5.22. The molecule has 0 atom stereocenters. The zero-order chi connectivity index (χ0) is 11.8. The molecule has 0 aliphatic rings. The minimum absolute atomic E-state index is 0.0125. The number of nitrogens with one attached hydrogen (secondary N) is 1. The number of hydrogen-bond acceptors (Lipinski definition) is 4. The Kier molecular flexibility index (Phi) is 5.62. The van der Waals surface area contributed by atoms with Crippen molar-refractivity contribution in [2.24, 2.45) is 5.92 Å². The number of nitrogens with zero attached hydrogens (tertiary/aromatic N) is 1. The number of nitro groups is 1. The van der Waals surface area contributed by atoms with E-state index in [0.29, 0.717) is 6.29 Å². The van der Waals surface area contributed by atoms with E-state index in [1.165, 1.54) is 6.08 Å². The Morgan fingerprint density at radius 1 is 1.53 bits per heavy atom. The lowest BCUT2D eigenvalue weighted by atomic mass is 10.1. The molecule has 82 valence electrons. The highest BCUT2D eigenvalue weighted by molar-refractivity contribution is 5.82. The van der Waals surface area contributed by atoms with E-state index in [9.17, 15) is 14.9 Å². The minimum atomic E-state index is -0.684. The van der Waals surface area contributed by atoms with Crippen LogP contribution < -0.4 is 5.16 Å².